The number of benzene rings is 3. The van der Waals surface area contributed by atoms with Gasteiger partial charge in [-0.3, -0.25) is 4.90 Å². The maximum atomic E-state index is 14.0. The van der Waals surface area contributed by atoms with Crippen LogP contribution in [-0.4, -0.2) is 51.0 Å². The Morgan fingerprint density at radius 2 is 1.69 bits per heavy atom. The highest BCUT2D eigenvalue weighted by Crippen LogP contribution is 2.24. The van der Waals surface area contributed by atoms with Crippen molar-refractivity contribution in [1.29, 1.82) is 0 Å². The van der Waals surface area contributed by atoms with E-state index in [-0.39, 0.29) is 12.0 Å². The van der Waals surface area contributed by atoms with Gasteiger partial charge in [-0.2, -0.15) is 5.10 Å². The van der Waals surface area contributed by atoms with Crippen LogP contribution >= 0.6 is 0 Å². The molecule has 5 aromatic rings. The molecule has 0 atom stereocenters. The summed E-state index contributed by atoms with van der Waals surface area (Å²) in [5.41, 5.74) is 5.55. The number of hydrogen-bond donors (Lipinski definition) is 1. The van der Waals surface area contributed by atoms with Gasteiger partial charge in [-0.15, -0.1) is 0 Å². The van der Waals surface area contributed by atoms with E-state index in [1.165, 1.54) is 23.8 Å². The minimum atomic E-state index is -0.573. The van der Waals surface area contributed by atoms with Crippen LogP contribution in [0.4, 0.5) is 8.78 Å². The molecule has 6 nitrogen and oxygen atoms in total. The lowest BCUT2D eigenvalue weighted by Crippen LogP contribution is -2.35. The zero-order chi connectivity index (χ0) is 24.5. The van der Waals surface area contributed by atoms with E-state index in [4.69, 9.17) is 9.84 Å². The molecule has 36 heavy (non-hydrogen) atoms. The van der Waals surface area contributed by atoms with Gasteiger partial charge in [0.05, 0.1) is 35.6 Å². The fourth-order valence-corrected chi connectivity index (χ4v) is 4.57. The highest BCUT2D eigenvalue weighted by Gasteiger charge is 2.14. The number of aromatic nitrogens is 4. The monoisotopic (exact) mass is 485 g/mol. The number of ether oxygens (including phenoxy) is 1. The predicted octanol–water partition coefficient (Wildman–Crippen LogP) is 5.12. The van der Waals surface area contributed by atoms with Crippen molar-refractivity contribution in [2.75, 3.05) is 26.3 Å². The van der Waals surface area contributed by atoms with Gasteiger partial charge in [0.25, 0.3) is 0 Å². The first-order valence-corrected chi connectivity index (χ1v) is 12.0. The fraction of sp³-hybridized carbons (Fsp3) is 0.214. The molecule has 1 aliphatic heterocycles. The SMILES string of the molecule is Fc1cccc(F)c1Cc1nc2ccc(-c3ccn(-c4ccc(CN5CCOCC5)cc4)n3)cc2[nH]1. The van der Waals surface area contributed by atoms with Crippen molar-refractivity contribution in [2.24, 2.45) is 0 Å². The molecule has 1 N–H and O–H groups in total. The highest BCUT2D eigenvalue weighted by molar-refractivity contribution is 5.81. The molecule has 6 rings (SSSR count). The smallest absolute Gasteiger partial charge is 0.129 e. The molecule has 1 aliphatic rings. The number of fused-ring (bicyclic) bond motifs is 1. The third-order valence-electron chi connectivity index (χ3n) is 6.53. The summed E-state index contributed by atoms with van der Waals surface area (Å²) >= 11 is 0. The number of imidazole rings is 1. The van der Waals surface area contributed by atoms with Gasteiger partial charge in [0, 0.05) is 43.4 Å². The van der Waals surface area contributed by atoms with Crippen LogP contribution in [0, 0.1) is 11.6 Å². The van der Waals surface area contributed by atoms with Crippen LogP contribution in [-0.2, 0) is 17.7 Å². The first-order valence-electron chi connectivity index (χ1n) is 12.0. The van der Waals surface area contributed by atoms with Gasteiger partial charge in [-0.25, -0.2) is 18.4 Å². The summed E-state index contributed by atoms with van der Waals surface area (Å²) in [7, 11) is 0. The number of nitrogens with one attached hydrogen (secondary N) is 1. The van der Waals surface area contributed by atoms with Crippen molar-refractivity contribution in [3.05, 3.63) is 102 Å². The molecule has 0 saturated carbocycles. The lowest BCUT2D eigenvalue weighted by atomic mass is 10.1. The second-order valence-electron chi connectivity index (χ2n) is 8.99. The molecule has 2 aromatic heterocycles. The number of halogens is 2. The zero-order valence-corrected chi connectivity index (χ0v) is 19.6. The van der Waals surface area contributed by atoms with Gasteiger partial charge in [0.2, 0.25) is 0 Å². The van der Waals surface area contributed by atoms with Crippen molar-refractivity contribution in [3.63, 3.8) is 0 Å². The fourth-order valence-electron chi connectivity index (χ4n) is 4.57. The van der Waals surface area contributed by atoms with Crippen LogP contribution < -0.4 is 0 Å². The van der Waals surface area contributed by atoms with Crippen molar-refractivity contribution in [2.45, 2.75) is 13.0 Å². The topological polar surface area (TPSA) is 59.0 Å². The maximum Gasteiger partial charge on any atom is 0.129 e. The molecule has 8 heteroatoms. The highest BCUT2D eigenvalue weighted by atomic mass is 19.1. The van der Waals surface area contributed by atoms with Gasteiger partial charge < -0.3 is 9.72 Å². The Balaban J connectivity index is 1.19. The number of hydrogen-bond acceptors (Lipinski definition) is 4. The van der Waals surface area contributed by atoms with Crippen LogP contribution in [0.3, 0.4) is 0 Å². The molecule has 0 radical (unpaired) electrons. The Morgan fingerprint density at radius 3 is 2.47 bits per heavy atom. The zero-order valence-electron chi connectivity index (χ0n) is 19.6. The summed E-state index contributed by atoms with van der Waals surface area (Å²) in [6.07, 6.45) is 1.99. The summed E-state index contributed by atoms with van der Waals surface area (Å²) in [4.78, 5) is 10.1. The third-order valence-corrected chi connectivity index (χ3v) is 6.53. The summed E-state index contributed by atoms with van der Waals surface area (Å²) in [6, 6.07) is 20.1. The van der Waals surface area contributed by atoms with E-state index < -0.39 is 11.6 Å². The number of rotatable bonds is 6. The number of nitrogens with zero attached hydrogens (tertiary/aromatic N) is 4. The molecule has 182 valence electrons. The molecule has 0 aliphatic carbocycles. The number of H-pyrrole nitrogens is 1. The van der Waals surface area contributed by atoms with Crippen LogP contribution in [0.5, 0.6) is 0 Å². The average molecular weight is 486 g/mol. The number of morpholine rings is 1. The Hall–Kier alpha value is -3.88. The molecule has 0 unspecified atom stereocenters. The molecule has 0 amide bonds. The Bertz CT molecular complexity index is 1480. The lowest BCUT2D eigenvalue weighted by Gasteiger charge is -2.26. The summed E-state index contributed by atoms with van der Waals surface area (Å²) in [6.45, 7) is 4.44. The van der Waals surface area contributed by atoms with E-state index in [1.54, 1.807) is 0 Å². The summed E-state index contributed by atoms with van der Waals surface area (Å²) in [5.74, 6) is -0.638. The minimum Gasteiger partial charge on any atom is -0.379 e. The van der Waals surface area contributed by atoms with Gasteiger partial charge in [-0.05, 0) is 48.0 Å². The van der Waals surface area contributed by atoms with Crippen LogP contribution in [0.1, 0.15) is 17.0 Å². The van der Waals surface area contributed by atoms with Crippen molar-refractivity contribution >= 4 is 11.0 Å². The summed E-state index contributed by atoms with van der Waals surface area (Å²) in [5, 5.41) is 4.76. The standard InChI is InChI=1S/C28H25F2N5O/c29-23-2-1-3-24(30)22(23)17-28-31-26-9-6-20(16-27(26)32-28)25-10-11-35(33-25)21-7-4-19(5-8-21)18-34-12-14-36-15-13-34/h1-11,16H,12-15,17-18H2,(H,31,32). The Morgan fingerprint density at radius 1 is 0.917 bits per heavy atom. The van der Waals surface area contributed by atoms with Crippen molar-refractivity contribution < 1.29 is 13.5 Å². The van der Waals surface area contributed by atoms with Crippen molar-refractivity contribution in [3.8, 4) is 16.9 Å². The molecular formula is C28H25F2N5O. The largest absolute Gasteiger partial charge is 0.379 e. The second kappa shape index (κ2) is 9.64. The quantitative estimate of drug-likeness (QED) is 0.363. The number of aromatic amines is 1. The van der Waals surface area contributed by atoms with Crippen LogP contribution in [0.25, 0.3) is 28.0 Å². The maximum absolute atomic E-state index is 14.0. The van der Waals surface area contributed by atoms with E-state index in [1.807, 2.05) is 35.1 Å². The van der Waals surface area contributed by atoms with Gasteiger partial charge in [0.1, 0.15) is 17.5 Å². The van der Waals surface area contributed by atoms with Gasteiger partial charge >= 0.3 is 0 Å². The molecule has 1 fully saturated rings. The molecule has 1 saturated heterocycles. The van der Waals surface area contributed by atoms with Crippen LogP contribution in [0.2, 0.25) is 0 Å². The van der Waals surface area contributed by atoms with E-state index >= 15 is 0 Å². The molecule has 0 spiro atoms. The Kier molecular flexibility index (Phi) is 6.04. The molecule has 3 heterocycles. The Labute approximate surface area is 207 Å². The lowest BCUT2D eigenvalue weighted by molar-refractivity contribution is 0.0342. The first-order chi connectivity index (χ1) is 17.6. The molecule has 3 aromatic carbocycles. The molecule has 0 bridgehead atoms. The van der Waals surface area contributed by atoms with Gasteiger partial charge in [0.15, 0.2) is 0 Å². The first kappa shape index (κ1) is 22.6. The third kappa shape index (κ3) is 4.65. The van der Waals surface area contributed by atoms with E-state index in [0.29, 0.717) is 5.82 Å². The average Bonchev–Trinajstić information content (AvgIpc) is 3.54. The molecular weight excluding hydrogens is 460 g/mol. The normalized spacial score (nSPS) is 14.5. The van der Waals surface area contributed by atoms with Crippen LogP contribution in [0.15, 0.2) is 72.9 Å². The second-order valence-corrected chi connectivity index (χ2v) is 8.99. The summed E-state index contributed by atoms with van der Waals surface area (Å²) < 4.78 is 35.4. The van der Waals surface area contributed by atoms with Crippen molar-refractivity contribution in [1.82, 2.24) is 24.6 Å². The van der Waals surface area contributed by atoms with E-state index in [9.17, 15) is 8.78 Å². The van der Waals surface area contributed by atoms with Gasteiger partial charge in [-0.1, -0.05) is 24.3 Å². The van der Waals surface area contributed by atoms with E-state index in [0.717, 1.165) is 60.8 Å². The minimum absolute atomic E-state index is 0.00601. The van der Waals surface area contributed by atoms with E-state index in [2.05, 4.69) is 39.1 Å². The predicted molar refractivity (Wildman–Crippen MR) is 134 cm³/mol.